The Labute approximate surface area is 216 Å². The summed E-state index contributed by atoms with van der Waals surface area (Å²) in [4.78, 5) is 13.0. The van der Waals surface area contributed by atoms with Crippen LogP contribution in [0, 0.1) is 11.7 Å². The molecule has 2 aromatic carbocycles. The van der Waals surface area contributed by atoms with E-state index in [2.05, 4.69) is 5.32 Å². The number of anilines is 1. The molecule has 2 heterocycles. The summed E-state index contributed by atoms with van der Waals surface area (Å²) in [6, 6.07) is 9.26. The second kappa shape index (κ2) is 9.77. The number of carbonyl (C=O) groups excluding carboxylic acids is 1. The largest absolute Gasteiger partial charge is 0.455 e. The first kappa shape index (κ1) is 25.8. The van der Waals surface area contributed by atoms with Crippen molar-refractivity contribution in [2.45, 2.75) is 44.2 Å². The molecular formula is C26H30BFN2O6S. The van der Waals surface area contributed by atoms with Crippen molar-refractivity contribution in [3.05, 3.63) is 53.3 Å². The molecule has 1 unspecified atom stereocenters. The molecule has 1 aromatic heterocycles. The van der Waals surface area contributed by atoms with Gasteiger partial charge in [-0.3, -0.25) is 9.10 Å². The van der Waals surface area contributed by atoms with Gasteiger partial charge in [-0.2, -0.15) is 0 Å². The van der Waals surface area contributed by atoms with E-state index in [-0.39, 0.29) is 30.9 Å². The van der Waals surface area contributed by atoms with Crippen LogP contribution in [0.4, 0.5) is 10.1 Å². The predicted molar refractivity (Wildman–Crippen MR) is 141 cm³/mol. The molecule has 2 aliphatic rings. The zero-order valence-electron chi connectivity index (χ0n) is 21.0. The normalized spacial score (nSPS) is 18.1. The van der Waals surface area contributed by atoms with Crippen molar-refractivity contribution < 1.29 is 31.7 Å². The summed E-state index contributed by atoms with van der Waals surface area (Å²) in [5, 5.41) is 12.4. The molecule has 11 heteroatoms. The highest BCUT2D eigenvalue weighted by Crippen LogP contribution is 2.48. The number of rotatable bonds is 8. The topological polar surface area (TPSA) is 109 Å². The van der Waals surface area contributed by atoms with Gasteiger partial charge < -0.3 is 19.4 Å². The highest BCUT2D eigenvalue weighted by molar-refractivity contribution is 7.93. The van der Waals surface area contributed by atoms with Crippen LogP contribution < -0.4 is 9.62 Å². The Balaban J connectivity index is 1.71. The fraction of sp³-hybridized carbons (Fsp3) is 0.423. The van der Waals surface area contributed by atoms with Gasteiger partial charge in [0.1, 0.15) is 17.2 Å². The van der Waals surface area contributed by atoms with Gasteiger partial charge in [-0.05, 0) is 80.7 Å². The molecule has 1 saturated heterocycles. The van der Waals surface area contributed by atoms with E-state index in [1.807, 2.05) is 6.07 Å². The number of furan rings is 1. The van der Waals surface area contributed by atoms with Crippen LogP contribution >= 0.6 is 0 Å². The van der Waals surface area contributed by atoms with Gasteiger partial charge in [0, 0.05) is 37.2 Å². The molecule has 1 aliphatic carbocycles. The Morgan fingerprint density at radius 2 is 1.95 bits per heavy atom. The fourth-order valence-corrected chi connectivity index (χ4v) is 6.22. The lowest BCUT2D eigenvalue weighted by Gasteiger charge is -2.30. The third-order valence-electron chi connectivity index (χ3n) is 7.07. The monoisotopic (exact) mass is 528 g/mol. The van der Waals surface area contributed by atoms with Crippen LogP contribution in [0.25, 0.3) is 22.3 Å². The van der Waals surface area contributed by atoms with Crippen molar-refractivity contribution in [2.24, 2.45) is 5.92 Å². The second-order valence-corrected chi connectivity index (χ2v) is 12.5. The summed E-state index contributed by atoms with van der Waals surface area (Å²) in [5.74, 6) is -0.471. The number of benzene rings is 2. The number of amides is 1. The average molecular weight is 528 g/mol. The van der Waals surface area contributed by atoms with Gasteiger partial charge in [-0.1, -0.05) is 0 Å². The van der Waals surface area contributed by atoms with Gasteiger partial charge in [-0.15, -0.1) is 0 Å². The van der Waals surface area contributed by atoms with Crippen LogP contribution in [0.5, 0.6) is 0 Å². The van der Waals surface area contributed by atoms with Crippen LogP contribution in [0.3, 0.4) is 0 Å². The maximum atomic E-state index is 13.6. The fourth-order valence-electron chi connectivity index (χ4n) is 4.87. The van der Waals surface area contributed by atoms with Gasteiger partial charge in [0.15, 0.2) is 0 Å². The molecule has 1 amide bonds. The molecule has 2 N–H and O–H groups in total. The molecule has 196 valence electrons. The van der Waals surface area contributed by atoms with Gasteiger partial charge in [-0.25, -0.2) is 12.8 Å². The van der Waals surface area contributed by atoms with Crippen molar-refractivity contribution in [2.75, 3.05) is 24.5 Å². The molecule has 1 aliphatic heterocycles. The Morgan fingerprint density at radius 3 is 2.51 bits per heavy atom. The maximum absolute atomic E-state index is 13.6. The first-order valence-electron chi connectivity index (χ1n) is 12.5. The number of hydrogen-bond acceptors (Lipinski definition) is 6. The first-order chi connectivity index (χ1) is 17.6. The summed E-state index contributed by atoms with van der Waals surface area (Å²) in [6.45, 7) is 3.71. The number of nitrogens with zero attached hydrogens (tertiary/aromatic N) is 1. The van der Waals surface area contributed by atoms with Gasteiger partial charge in [0.05, 0.1) is 16.5 Å². The molecule has 5 rings (SSSR count). The lowest BCUT2D eigenvalue weighted by atomic mass is 9.82. The minimum absolute atomic E-state index is 0.163. The number of hydrogen-bond donors (Lipinski definition) is 2. The molecule has 37 heavy (non-hydrogen) atoms. The Hall–Kier alpha value is -2.89. The van der Waals surface area contributed by atoms with Crippen LogP contribution in [0.2, 0.25) is 6.32 Å². The molecule has 0 bridgehead atoms. The number of sulfonamides is 1. The van der Waals surface area contributed by atoms with Crippen LogP contribution in [-0.2, 0) is 14.7 Å². The van der Waals surface area contributed by atoms with E-state index in [0.29, 0.717) is 39.9 Å². The van der Waals surface area contributed by atoms with Crippen LogP contribution in [0.1, 0.15) is 48.5 Å². The van der Waals surface area contributed by atoms with E-state index >= 15 is 0 Å². The van der Waals surface area contributed by atoms with Crippen molar-refractivity contribution in [1.29, 1.82) is 0 Å². The summed E-state index contributed by atoms with van der Waals surface area (Å²) in [7, 11) is -3.12. The molecule has 2 fully saturated rings. The van der Waals surface area contributed by atoms with E-state index in [1.54, 1.807) is 32.0 Å². The molecule has 3 aromatic rings. The number of nitrogens with one attached hydrogen (secondary N) is 1. The van der Waals surface area contributed by atoms with Crippen LogP contribution in [0.15, 0.2) is 40.8 Å². The smallest absolute Gasteiger partial charge is 0.454 e. The summed E-state index contributed by atoms with van der Waals surface area (Å²) >= 11 is 0. The Bertz CT molecular complexity index is 1440. The van der Waals surface area contributed by atoms with E-state index in [4.69, 9.17) is 9.07 Å². The molecule has 0 spiro atoms. The molecule has 1 atom stereocenters. The second-order valence-electron chi connectivity index (χ2n) is 10.1. The van der Waals surface area contributed by atoms with E-state index in [9.17, 15) is 22.6 Å². The lowest BCUT2D eigenvalue weighted by molar-refractivity contribution is 0.0964. The zero-order valence-corrected chi connectivity index (χ0v) is 21.8. The Morgan fingerprint density at radius 1 is 1.24 bits per heavy atom. The standard InChI is InChI=1S/C26H30BFN2O6S/c1-15(2)37(33,34)30(13-16-12-27(32)35-14-16)22-11-23-21(10-20(22)17-4-5-17)24(26(31)29-3)25(36-23)18-6-8-19(28)9-7-18/h6-11,15-17,32H,4-5,12-14H2,1-3H3,(H,29,31). The molecule has 1 saturated carbocycles. The lowest BCUT2D eigenvalue weighted by Crippen LogP contribution is -2.40. The van der Waals surface area contributed by atoms with Gasteiger partial charge >= 0.3 is 7.12 Å². The van der Waals surface area contributed by atoms with Gasteiger partial charge in [0.2, 0.25) is 10.0 Å². The molecule has 0 radical (unpaired) electrons. The highest BCUT2D eigenvalue weighted by atomic mass is 32.2. The molecular weight excluding hydrogens is 498 g/mol. The highest BCUT2D eigenvalue weighted by Gasteiger charge is 2.38. The predicted octanol–water partition coefficient (Wildman–Crippen LogP) is 4.15. The first-order valence-corrected chi connectivity index (χ1v) is 14.0. The van der Waals surface area contributed by atoms with Crippen molar-refractivity contribution in [1.82, 2.24) is 5.32 Å². The van der Waals surface area contributed by atoms with Gasteiger partial charge in [0.25, 0.3) is 5.91 Å². The summed E-state index contributed by atoms with van der Waals surface area (Å²) in [5.41, 5.74) is 2.59. The van der Waals surface area contributed by atoms with E-state index in [1.165, 1.54) is 23.5 Å². The van der Waals surface area contributed by atoms with Crippen molar-refractivity contribution in [3.63, 3.8) is 0 Å². The zero-order chi connectivity index (χ0) is 26.5. The average Bonchev–Trinajstić information content (AvgIpc) is 3.53. The number of carbonyl (C=O) groups is 1. The third-order valence-corrected chi connectivity index (χ3v) is 9.22. The summed E-state index contributed by atoms with van der Waals surface area (Å²) < 4.78 is 53.7. The Kier molecular flexibility index (Phi) is 6.80. The maximum Gasteiger partial charge on any atom is 0.454 e. The van der Waals surface area contributed by atoms with E-state index < -0.39 is 28.2 Å². The van der Waals surface area contributed by atoms with E-state index in [0.717, 1.165) is 18.4 Å². The minimum atomic E-state index is -3.74. The summed E-state index contributed by atoms with van der Waals surface area (Å²) in [6.07, 6.45) is 2.18. The van der Waals surface area contributed by atoms with Crippen molar-refractivity contribution in [3.8, 4) is 11.3 Å². The molecule has 8 nitrogen and oxygen atoms in total. The SMILES string of the molecule is CNC(=O)c1c(-c2ccc(F)cc2)oc2cc(N(CC3COB(O)C3)S(=O)(=O)C(C)C)c(C3CC3)cc12. The minimum Gasteiger partial charge on any atom is -0.455 e. The third kappa shape index (κ3) is 4.87. The number of halogens is 1. The number of fused-ring (bicyclic) bond motifs is 1. The quantitative estimate of drug-likeness (QED) is 0.426. The van der Waals surface area contributed by atoms with Crippen LogP contribution in [-0.4, -0.2) is 51.9 Å². The van der Waals surface area contributed by atoms with Crippen molar-refractivity contribution >= 4 is 39.7 Å².